The number of rotatable bonds is 4. The zero-order valence-corrected chi connectivity index (χ0v) is 8.51. The summed E-state index contributed by atoms with van der Waals surface area (Å²) >= 11 is 0. The summed E-state index contributed by atoms with van der Waals surface area (Å²) in [4.78, 5) is 0. The SMILES string of the molecule is NCCC1CCN(S(=O)(=O)C(F)F)C1. The Hall–Kier alpha value is -0.270. The number of nitrogens with zero attached hydrogens (tertiary/aromatic N) is 1. The summed E-state index contributed by atoms with van der Waals surface area (Å²) in [5.74, 6) is -3.17. The van der Waals surface area contributed by atoms with Crippen LogP contribution in [-0.2, 0) is 10.0 Å². The number of alkyl halides is 2. The van der Waals surface area contributed by atoms with Crippen LogP contribution >= 0.6 is 0 Å². The molecular formula is C7H14F2N2O2S. The summed E-state index contributed by atoms with van der Waals surface area (Å²) in [7, 11) is -4.37. The predicted molar refractivity (Wildman–Crippen MR) is 48.3 cm³/mol. The highest BCUT2D eigenvalue weighted by Crippen LogP contribution is 2.24. The maximum absolute atomic E-state index is 12.1. The van der Waals surface area contributed by atoms with E-state index in [1.54, 1.807) is 0 Å². The lowest BCUT2D eigenvalue weighted by molar-refractivity contribution is 0.222. The van der Waals surface area contributed by atoms with Gasteiger partial charge in [0.1, 0.15) is 0 Å². The highest BCUT2D eigenvalue weighted by Gasteiger charge is 2.36. The maximum Gasteiger partial charge on any atom is 0.350 e. The van der Waals surface area contributed by atoms with Crippen LogP contribution in [0.15, 0.2) is 0 Å². The number of nitrogens with two attached hydrogens (primary N) is 1. The van der Waals surface area contributed by atoms with Crippen molar-refractivity contribution in [2.24, 2.45) is 11.7 Å². The third-order valence-corrected chi connectivity index (χ3v) is 3.91. The Morgan fingerprint density at radius 1 is 1.50 bits per heavy atom. The molecule has 0 aromatic heterocycles. The average Bonchev–Trinajstić information content (AvgIpc) is 2.53. The molecule has 1 fully saturated rings. The minimum Gasteiger partial charge on any atom is -0.330 e. The van der Waals surface area contributed by atoms with E-state index >= 15 is 0 Å². The lowest BCUT2D eigenvalue weighted by Crippen LogP contribution is -2.33. The Bertz CT molecular complexity index is 281. The molecule has 0 bridgehead atoms. The van der Waals surface area contributed by atoms with Crippen molar-refractivity contribution in [3.8, 4) is 0 Å². The van der Waals surface area contributed by atoms with E-state index < -0.39 is 15.8 Å². The number of halogens is 2. The molecule has 14 heavy (non-hydrogen) atoms. The zero-order valence-electron chi connectivity index (χ0n) is 7.70. The van der Waals surface area contributed by atoms with Crippen molar-refractivity contribution in [2.75, 3.05) is 19.6 Å². The molecule has 0 spiro atoms. The van der Waals surface area contributed by atoms with Crippen LogP contribution < -0.4 is 5.73 Å². The van der Waals surface area contributed by atoms with Gasteiger partial charge in [0.2, 0.25) is 0 Å². The van der Waals surface area contributed by atoms with Crippen molar-refractivity contribution in [1.29, 1.82) is 0 Å². The van der Waals surface area contributed by atoms with Gasteiger partial charge in [-0.05, 0) is 25.3 Å². The molecular weight excluding hydrogens is 214 g/mol. The van der Waals surface area contributed by atoms with E-state index in [1.807, 2.05) is 0 Å². The van der Waals surface area contributed by atoms with Crippen LogP contribution in [-0.4, -0.2) is 38.1 Å². The summed E-state index contributed by atoms with van der Waals surface area (Å²) in [6.07, 6.45) is 1.32. The molecule has 1 atom stereocenters. The van der Waals surface area contributed by atoms with Gasteiger partial charge in [0.05, 0.1) is 0 Å². The second-order valence-corrected chi connectivity index (χ2v) is 5.30. The highest BCUT2D eigenvalue weighted by atomic mass is 32.2. The predicted octanol–water partition coefficient (Wildman–Crippen LogP) is 0.210. The number of hydrogen-bond donors (Lipinski definition) is 1. The molecule has 1 rings (SSSR count). The van der Waals surface area contributed by atoms with Crippen molar-refractivity contribution in [1.82, 2.24) is 4.31 Å². The summed E-state index contributed by atoms with van der Waals surface area (Å²) < 4.78 is 47.2. The first-order valence-corrected chi connectivity index (χ1v) is 5.96. The van der Waals surface area contributed by atoms with Crippen molar-refractivity contribution < 1.29 is 17.2 Å². The van der Waals surface area contributed by atoms with Gasteiger partial charge in [0.25, 0.3) is 10.0 Å². The molecule has 0 aliphatic carbocycles. The summed E-state index contributed by atoms with van der Waals surface area (Å²) in [6.45, 7) is 0.842. The molecule has 7 heteroatoms. The molecule has 0 aromatic carbocycles. The standard InChI is InChI=1S/C7H14F2N2O2S/c8-7(9)14(12,13)11-4-2-6(5-11)1-3-10/h6-7H,1-5,10H2. The Morgan fingerprint density at radius 2 is 2.14 bits per heavy atom. The molecule has 4 nitrogen and oxygen atoms in total. The topological polar surface area (TPSA) is 63.4 Å². The second kappa shape index (κ2) is 4.50. The van der Waals surface area contributed by atoms with Crippen LogP contribution in [0.25, 0.3) is 0 Å². The van der Waals surface area contributed by atoms with E-state index in [0.29, 0.717) is 19.4 Å². The molecule has 1 saturated heterocycles. The van der Waals surface area contributed by atoms with Crippen LogP contribution in [0.2, 0.25) is 0 Å². The van der Waals surface area contributed by atoms with E-state index in [9.17, 15) is 17.2 Å². The van der Waals surface area contributed by atoms with Crippen LogP contribution in [0, 0.1) is 5.92 Å². The number of sulfonamides is 1. The summed E-state index contributed by atoms with van der Waals surface area (Å²) in [5, 5.41) is 0. The second-order valence-electron chi connectivity index (χ2n) is 3.40. The molecule has 1 aliphatic rings. The fraction of sp³-hybridized carbons (Fsp3) is 1.00. The van der Waals surface area contributed by atoms with E-state index in [1.165, 1.54) is 0 Å². The van der Waals surface area contributed by atoms with Crippen molar-refractivity contribution in [3.63, 3.8) is 0 Å². The molecule has 0 aromatic rings. The maximum atomic E-state index is 12.1. The molecule has 0 radical (unpaired) electrons. The van der Waals surface area contributed by atoms with E-state index in [0.717, 1.165) is 4.31 Å². The van der Waals surface area contributed by atoms with Gasteiger partial charge in [-0.25, -0.2) is 8.42 Å². The fourth-order valence-electron chi connectivity index (χ4n) is 1.61. The number of hydrogen-bond acceptors (Lipinski definition) is 3. The van der Waals surface area contributed by atoms with Crippen LogP contribution in [0.1, 0.15) is 12.8 Å². The van der Waals surface area contributed by atoms with E-state index in [-0.39, 0.29) is 19.0 Å². The summed E-state index contributed by atoms with van der Waals surface area (Å²) in [5.41, 5.74) is 5.31. The zero-order chi connectivity index (χ0) is 10.8. The molecule has 2 N–H and O–H groups in total. The van der Waals surface area contributed by atoms with Gasteiger partial charge in [-0.1, -0.05) is 0 Å². The summed E-state index contributed by atoms with van der Waals surface area (Å²) in [6, 6.07) is 0. The monoisotopic (exact) mass is 228 g/mol. The Labute approximate surface area is 82.1 Å². The quantitative estimate of drug-likeness (QED) is 0.748. The average molecular weight is 228 g/mol. The first-order chi connectivity index (χ1) is 6.48. The first-order valence-electron chi connectivity index (χ1n) is 4.45. The minimum absolute atomic E-state index is 0.133. The molecule has 1 heterocycles. The van der Waals surface area contributed by atoms with Crippen LogP contribution in [0.4, 0.5) is 8.78 Å². The highest BCUT2D eigenvalue weighted by molar-refractivity contribution is 7.89. The van der Waals surface area contributed by atoms with Crippen LogP contribution in [0.3, 0.4) is 0 Å². The molecule has 1 unspecified atom stereocenters. The van der Waals surface area contributed by atoms with Crippen molar-refractivity contribution >= 4 is 10.0 Å². The smallest absolute Gasteiger partial charge is 0.330 e. The first kappa shape index (κ1) is 11.8. The van der Waals surface area contributed by atoms with Gasteiger partial charge in [-0.15, -0.1) is 0 Å². The van der Waals surface area contributed by atoms with Gasteiger partial charge in [0.15, 0.2) is 0 Å². The van der Waals surface area contributed by atoms with Gasteiger partial charge in [0, 0.05) is 13.1 Å². The largest absolute Gasteiger partial charge is 0.350 e. The molecule has 84 valence electrons. The van der Waals surface area contributed by atoms with Crippen LogP contribution in [0.5, 0.6) is 0 Å². The Balaban J connectivity index is 2.58. The fourth-order valence-corrected chi connectivity index (χ4v) is 2.62. The van der Waals surface area contributed by atoms with Gasteiger partial charge < -0.3 is 5.73 Å². The van der Waals surface area contributed by atoms with Crippen molar-refractivity contribution in [3.05, 3.63) is 0 Å². The molecule has 1 aliphatic heterocycles. The minimum atomic E-state index is -4.37. The van der Waals surface area contributed by atoms with E-state index in [2.05, 4.69) is 0 Å². The van der Waals surface area contributed by atoms with Gasteiger partial charge in [-0.2, -0.15) is 13.1 Å². The van der Waals surface area contributed by atoms with Gasteiger partial charge >= 0.3 is 5.76 Å². The third-order valence-electron chi connectivity index (χ3n) is 2.41. The lowest BCUT2D eigenvalue weighted by atomic mass is 10.1. The molecule has 0 saturated carbocycles. The Morgan fingerprint density at radius 3 is 2.64 bits per heavy atom. The Kier molecular flexibility index (Phi) is 3.79. The molecule has 0 amide bonds. The van der Waals surface area contributed by atoms with Crippen molar-refractivity contribution in [2.45, 2.75) is 18.6 Å². The van der Waals surface area contributed by atoms with Gasteiger partial charge in [-0.3, -0.25) is 0 Å². The normalized spacial score (nSPS) is 24.7. The lowest BCUT2D eigenvalue weighted by Gasteiger charge is -2.15. The third kappa shape index (κ3) is 2.40. The van der Waals surface area contributed by atoms with E-state index in [4.69, 9.17) is 5.73 Å².